The zero-order valence-electron chi connectivity index (χ0n) is 22.3. The second-order valence-corrected chi connectivity index (χ2v) is 11.9. The Morgan fingerprint density at radius 1 is 0.524 bits per heavy atom. The van der Waals surface area contributed by atoms with E-state index in [-0.39, 0.29) is 0 Å². The summed E-state index contributed by atoms with van der Waals surface area (Å²) in [5.74, 6) is 0. The lowest BCUT2D eigenvalue weighted by atomic mass is 10.0. The fourth-order valence-corrected chi connectivity index (χ4v) is 7.68. The van der Waals surface area contributed by atoms with Crippen LogP contribution in [0.1, 0.15) is 0 Å². The highest BCUT2D eigenvalue weighted by Gasteiger charge is 2.16. The van der Waals surface area contributed by atoms with E-state index in [0.29, 0.717) is 0 Å². The number of hydrogen-bond acceptors (Lipinski definition) is 3. The van der Waals surface area contributed by atoms with Gasteiger partial charge in [-0.2, -0.15) is 0 Å². The minimum atomic E-state index is 0.893. The molecule has 0 spiro atoms. The highest BCUT2D eigenvalue weighted by Crippen LogP contribution is 2.38. The molecule has 5 heteroatoms. The molecule has 10 rings (SSSR count). The Balaban J connectivity index is 1.18. The third-order valence-electron chi connectivity index (χ3n) is 8.56. The summed E-state index contributed by atoms with van der Waals surface area (Å²) in [5, 5.41) is 4.75. The molecule has 42 heavy (non-hydrogen) atoms. The summed E-state index contributed by atoms with van der Waals surface area (Å²) in [7, 11) is 0. The number of benzene rings is 6. The average molecular weight is 556 g/mol. The molecule has 0 atom stereocenters. The molecule has 0 fully saturated rings. The maximum atomic E-state index is 6.32. The predicted octanol–water partition coefficient (Wildman–Crippen LogP) is 10.4. The van der Waals surface area contributed by atoms with E-state index < -0.39 is 0 Å². The molecule has 4 nitrogen and oxygen atoms in total. The van der Waals surface area contributed by atoms with Crippen LogP contribution in [0.15, 0.2) is 132 Å². The molecule has 10 aromatic rings. The van der Waals surface area contributed by atoms with Crippen LogP contribution in [-0.4, -0.2) is 14.0 Å². The van der Waals surface area contributed by atoms with Crippen molar-refractivity contribution in [3.63, 3.8) is 0 Å². The van der Waals surface area contributed by atoms with Crippen molar-refractivity contribution in [2.45, 2.75) is 0 Å². The highest BCUT2D eigenvalue weighted by atomic mass is 32.1. The first-order valence-corrected chi connectivity index (χ1v) is 14.9. The van der Waals surface area contributed by atoms with Gasteiger partial charge in [0.25, 0.3) is 0 Å². The zero-order valence-corrected chi connectivity index (χ0v) is 23.1. The molecule has 0 amide bonds. The molecule has 0 aliphatic carbocycles. The van der Waals surface area contributed by atoms with Crippen LogP contribution in [0.4, 0.5) is 0 Å². The summed E-state index contributed by atoms with van der Waals surface area (Å²) in [6.07, 6.45) is 0. The zero-order chi connectivity index (χ0) is 27.4. The van der Waals surface area contributed by atoms with Gasteiger partial charge in [0, 0.05) is 27.2 Å². The summed E-state index contributed by atoms with van der Waals surface area (Å²) in [5.41, 5.74) is 11.0. The number of rotatable bonds is 2. The molecule has 0 aliphatic heterocycles. The van der Waals surface area contributed by atoms with Crippen molar-refractivity contribution < 1.29 is 4.42 Å². The van der Waals surface area contributed by atoms with Gasteiger partial charge in [-0.3, -0.25) is 4.40 Å². The fraction of sp³-hybridized carbons (Fsp3) is 0. The van der Waals surface area contributed by atoms with Gasteiger partial charge in [0.15, 0.2) is 4.96 Å². The van der Waals surface area contributed by atoms with Crippen LogP contribution >= 0.6 is 11.3 Å². The van der Waals surface area contributed by atoms with E-state index in [1.165, 1.54) is 32.0 Å². The normalized spacial score (nSPS) is 12.3. The van der Waals surface area contributed by atoms with Gasteiger partial charge in [-0.15, -0.1) is 0 Å². The van der Waals surface area contributed by atoms with Crippen molar-refractivity contribution in [1.29, 1.82) is 0 Å². The van der Waals surface area contributed by atoms with Crippen molar-refractivity contribution in [3.8, 4) is 16.8 Å². The van der Waals surface area contributed by atoms with Gasteiger partial charge in [-0.1, -0.05) is 72.0 Å². The van der Waals surface area contributed by atoms with Crippen molar-refractivity contribution in [1.82, 2.24) is 14.0 Å². The van der Waals surface area contributed by atoms with Gasteiger partial charge in [0.1, 0.15) is 11.2 Å². The van der Waals surface area contributed by atoms with Crippen molar-refractivity contribution in [2.75, 3.05) is 0 Å². The molecule has 0 bridgehead atoms. The minimum Gasteiger partial charge on any atom is -0.456 e. The van der Waals surface area contributed by atoms with Crippen LogP contribution in [0.2, 0.25) is 0 Å². The van der Waals surface area contributed by atoms with Gasteiger partial charge in [-0.25, -0.2) is 4.98 Å². The first-order chi connectivity index (χ1) is 20.8. The van der Waals surface area contributed by atoms with Crippen LogP contribution in [-0.2, 0) is 0 Å². The third kappa shape index (κ3) is 2.98. The van der Waals surface area contributed by atoms with Gasteiger partial charge in [0.05, 0.1) is 32.3 Å². The third-order valence-corrected chi connectivity index (χ3v) is 9.58. The molecule has 6 aromatic carbocycles. The molecular formula is C37H21N3OS. The van der Waals surface area contributed by atoms with Crippen molar-refractivity contribution in [2.24, 2.45) is 0 Å². The minimum absolute atomic E-state index is 0.893. The maximum Gasteiger partial charge on any atom is 0.195 e. The Bertz CT molecular complexity index is 2650. The Morgan fingerprint density at radius 3 is 1.98 bits per heavy atom. The van der Waals surface area contributed by atoms with Crippen molar-refractivity contribution in [3.05, 3.63) is 127 Å². The SMILES string of the molecule is c1ccc2c(c1)sc1nc3ccc(-c4ccc5oc6ccc(-n7c8ccccc8c8ccccc87)cc6c5c4)cc3n12. The molecule has 0 saturated carbocycles. The Morgan fingerprint density at radius 2 is 1.17 bits per heavy atom. The van der Waals surface area contributed by atoms with Crippen LogP contribution in [0.5, 0.6) is 0 Å². The largest absolute Gasteiger partial charge is 0.456 e. The lowest BCUT2D eigenvalue weighted by Crippen LogP contribution is -1.93. The number of furan rings is 1. The fourth-order valence-electron chi connectivity index (χ4n) is 6.65. The molecular weight excluding hydrogens is 534 g/mol. The van der Waals surface area contributed by atoms with E-state index in [1.807, 2.05) is 0 Å². The summed E-state index contributed by atoms with van der Waals surface area (Å²) < 4.78 is 12.2. The summed E-state index contributed by atoms with van der Waals surface area (Å²) in [4.78, 5) is 5.94. The van der Waals surface area contributed by atoms with Crippen LogP contribution < -0.4 is 0 Å². The van der Waals surface area contributed by atoms with E-state index in [9.17, 15) is 0 Å². The lowest BCUT2D eigenvalue weighted by Gasteiger charge is -2.08. The molecule has 4 heterocycles. The predicted molar refractivity (Wildman–Crippen MR) is 175 cm³/mol. The van der Waals surface area contributed by atoms with E-state index in [0.717, 1.165) is 54.7 Å². The second-order valence-electron chi connectivity index (χ2n) is 10.9. The van der Waals surface area contributed by atoms with E-state index in [4.69, 9.17) is 9.40 Å². The Labute approximate surface area is 243 Å². The average Bonchev–Trinajstić information content (AvgIpc) is 3.77. The lowest BCUT2D eigenvalue weighted by molar-refractivity contribution is 0.669. The number of imidazole rings is 1. The monoisotopic (exact) mass is 555 g/mol. The number of nitrogens with zero attached hydrogens (tertiary/aromatic N) is 3. The Hall–Kier alpha value is -5.39. The molecule has 0 unspecified atom stereocenters. The second kappa shape index (κ2) is 8.09. The van der Waals surface area contributed by atoms with Gasteiger partial charge in [-0.05, 0) is 77.9 Å². The molecule has 0 aliphatic rings. The van der Waals surface area contributed by atoms with E-state index in [2.05, 4.69) is 136 Å². The number of para-hydroxylation sites is 3. The summed E-state index contributed by atoms with van der Waals surface area (Å²) in [6.45, 7) is 0. The van der Waals surface area contributed by atoms with Gasteiger partial charge in [0.2, 0.25) is 0 Å². The van der Waals surface area contributed by atoms with E-state index >= 15 is 0 Å². The number of thiazole rings is 1. The van der Waals surface area contributed by atoms with Crippen LogP contribution in [0, 0.1) is 0 Å². The Kier molecular flexibility index (Phi) is 4.30. The number of hydrogen-bond donors (Lipinski definition) is 0. The molecule has 0 radical (unpaired) electrons. The molecule has 196 valence electrons. The van der Waals surface area contributed by atoms with Crippen LogP contribution in [0.3, 0.4) is 0 Å². The van der Waals surface area contributed by atoms with Gasteiger partial charge >= 0.3 is 0 Å². The number of fused-ring (bicyclic) bond motifs is 11. The molecule has 4 aromatic heterocycles. The first-order valence-electron chi connectivity index (χ1n) is 14.1. The standard InChI is InChI=1S/C37H21N3OS/c1-3-9-30-25(7-1)26-8-2-4-10-31(26)39(30)24-15-18-35-28(21-24)27-19-22(14-17-34(27)41-35)23-13-16-29-33(20-23)40-32-11-5-6-12-36(32)42-37(40)38-29/h1-21H. The number of aromatic nitrogens is 3. The quantitative estimate of drug-likeness (QED) is 0.213. The van der Waals surface area contributed by atoms with Crippen LogP contribution in [0.25, 0.3) is 86.8 Å². The summed E-state index contributed by atoms with van der Waals surface area (Å²) >= 11 is 1.73. The van der Waals surface area contributed by atoms with E-state index in [1.54, 1.807) is 11.3 Å². The highest BCUT2D eigenvalue weighted by molar-refractivity contribution is 7.23. The van der Waals surface area contributed by atoms with Gasteiger partial charge < -0.3 is 8.98 Å². The summed E-state index contributed by atoms with van der Waals surface area (Å²) in [6, 6.07) is 45.4. The maximum absolute atomic E-state index is 6.32. The molecule has 0 saturated heterocycles. The molecule has 0 N–H and O–H groups in total. The first kappa shape index (κ1) is 22.3. The smallest absolute Gasteiger partial charge is 0.195 e. The van der Waals surface area contributed by atoms with Crippen molar-refractivity contribution >= 4 is 81.3 Å². The topological polar surface area (TPSA) is 35.4 Å².